The summed E-state index contributed by atoms with van der Waals surface area (Å²) in [5, 5.41) is 5.29. The van der Waals surface area contributed by atoms with Crippen molar-refractivity contribution in [3.63, 3.8) is 0 Å². The van der Waals surface area contributed by atoms with E-state index in [0.717, 1.165) is 0 Å². The summed E-state index contributed by atoms with van der Waals surface area (Å²) in [7, 11) is 0. The fraction of sp³-hybridized carbons (Fsp3) is 0.333. The molecule has 0 saturated carbocycles. The number of thiophene rings is 1. The van der Waals surface area contributed by atoms with Crippen LogP contribution in [0.4, 0.5) is 8.78 Å². The van der Waals surface area contributed by atoms with E-state index in [0.29, 0.717) is 11.1 Å². The van der Waals surface area contributed by atoms with E-state index in [1.54, 1.807) is 18.3 Å². The molecular weight excluding hydrogens is 264 g/mol. The summed E-state index contributed by atoms with van der Waals surface area (Å²) >= 11 is 1.65. The van der Waals surface area contributed by atoms with Crippen LogP contribution in [0.25, 0.3) is 0 Å². The van der Waals surface area contributed by atoms with Gasteiger partial charge in [-0.2, -0.15) is 0 Å². The number of hydrogen-bond donors (Lipinski definition) is 1. The summed E-state index contributed by atoms with van der Waals surface area (Å²) in [4.78, 5) is 1.18. The minimum atomic E-state index is -0.367. The van der Waals surface area contributed by atoms with Crippen LogP contribution in [0.1, 0.15) is 41.9 Å². The van der Waals surface area contributed by atoms with E-state index in [1.165, 1.54) is 17.0 Å². The Kier molecular flexibility index (Phi) is 4.32. The minimum absolute atomic E-state index is 0.110. The van der Waals surface area contributed by atoms with Gasteiger partial charge in [0.2, 0.25) is 0 Å². The van der Waals surface area contributed by atoms with E-state index in [4.69, 9.17) is 0 Å². The molecule has 19 heavy (non-hydrogen) atoms. The molecule has 2 aromatic rings. The van der Waals surface area contributed by atoms with E-state index >= 15 is 0 Å². The van der Waals surface area contributed by atoms with Crippen molar-refractivity contribution in [2.75, 3.05) is 0 Å². The highest BCUT2D eigenvalue weighted by atomic mass is 32.1. The second-order valence-electron chi connectivity index (χ2n) is 4.75. The van der Waals surface area contributed by atoms with Crippen LogP contribution < -0.4 is 5.32 Å². The summed E-state index contributed by atoms with van der Waals surface area (Å²) in [6.45, 7) is 5.43. The van der Waals surface area contributed by atoms with Crippen LogP contribution in [0.3, 0.4) is 0 Å². The van der Waals surface area contributed by atoms with Gasteiger partial charge in [0.15, 0.2) is 0 Å². The van der Waals surface area contributed by atoms with Crippen LogP contribution in [0.15, 0.2) is 29.6 Å². The zero-order valence-corrected chi connectivity index (χ0v) is 12.0. The molecule has 1 aromatic carbocycles. The smallest absolute Gasteiger partial charge is 0.128 e. The molecule has 0 aliphatic carbocycles. The zero-order valence-electron chi connectivity index (χ0n) is 11.2. The van der Waals surface area contributed by atoms with Crippen LogP contribution in [0.2, 0.25) is 0 Å². The quantitative estimate of drug-likeness (QED) is 0.853. The first-order chi connectivity index (χ1) is 8.99. The summed E-state index contributed by atoms with van der Waals surface area (Å²) in [5.41, 5.74) is 0.700. The number of halogens is 2. The van der Waals surface area contributed by atoms with Gasteiger partial charge in [-0.05, 0) is 49.9 Å². The van der Waals surface area contributed by atoms with E-state index in [9.17, 15) is 8.78 Å². The first-order valence-electron chi connectivity index (χ1n) is 6.24. The molecule has 102 valence electrons. The molecule has 0 saturated heterocycles. The molecule has 1 unspecified atom stereocenters. The van der Waals surface area contributed by atoms with Crippen molar-refractivity contribution in [3.05, 3.63) is 57.3 Å². The van der Waals surface area contributed by atoms with Gasteiger partial charge >= 0.3 is 0 Å². The third-order valence-corrected chi connectivity index (χ3v) is 4.27. The van der Waals surface area contributed by atoms with Gasteiger partial charge in [-0.3, -0.25) is 0 Å². The molecule has 1 N–H and O–H groups in total. The molecule has 0 aliphatic heterocycles. The van der Waals surface area contributed by atoms with E-state index in [-0.39, 0.29) is 23.7 Å². The van der Waals surface area contributed by atoms with Crippen LogP contribution in [-0.4, -0.2) is 0 Å². The Bertz CT molecular complexity index is 552. The summed E-state index contributed by atoms with van der Waals surface area (Å²) in [6.07, 6.45) is 0. The molecule has 1 heterocycles. The Labute approximate surface area is 116 Å². The molecule has 0 radical (unpaired) electrons. The molecule has 0 fully saturated rings. The molecule has 0 aliphatic rings. The molecule has 0 bridgehead atoms. The number of nitrogens with one attached hydrogen (secondary N) is 1. The second kappa shape index (κ2) is 5.80. The molecule has 0 spiro atoms. The lowest BCUT2D eigenvalue weighted by Gasteiger charge is -2.20. The van der Waals surface area contributed by atoms with E-state index < -0.39 is 0 Å². The fourth-order valence-corrected chi connectivity index (χ4v) is 2.82. The highest BCUT2D eigenvalue weighted by Crippen LogP contribution is 2.25. The fourth-order valence-electron chi connectivity index (χ4n) is 2.08. The first kappa shape index (κ1) is 14.2. The number of aryl methyl sites for hydroxylation is 1. The standard InChI is InChI=1S/C15H17F2NS/c1-9-7-14(17)12(8-13(9)16)10(2)18-11(3)15-5-4-6-19-15/h4-8,10-11,18H,1-3H3/t10?,11-/m1/s1. The van der Waals surface area contributed by atoms with Gasteiger partial charge in [0, 0.05) is 22.5 Å². The molecule has 1 nitrogen and oxygen atoms in total. The van der Waals surface area contributed by atoms with Crippen molar-refractivity contribution in [2.24, 2.45) is 0 Å². The average Bonchev–Trinajstić information content (AvgIpc) is 2.87. The topological polar surface area (TPSA) is 12.0 Å². The maximum absolute atomic E-state index is 13.9. The Balaban J connectivity index is 2.16. The highest BCUT2D eigenvalue weighted by molar-refractivity contribution is 7.10. The van der Waals surface area contributed by atoms with Gasteiger partial charge in [0.25, 0.3) is 0 Å². The van der Waals surface area contributed by atoms with E-state index in [1.807, 2.05) is 31.4 Å². The molecule has 0 amide bonds. The monoisotopic (exact) mass is 281 g/mol. The highest BCUT2D eigenvalue weighted by Gasteiger charge is 2.16. The zero-order chi connectivity index (χ0) is 14.0. The second-order valence-corrected chi connectivity index (χ2v) is 5.73. The normalized spacial score (nSPS) is 14.4. The summed E-state index contributed by atoms with van der Waals surface area (Å²) in [6, 6.07) is 6.41. The molecule has 2 atom stereocenters. The van der Waals surface area contributed by atoms with Crippen molar-refractivity contribution in [1.82, 2.24) is 5.32 Å². The molecular formula is C15H17F2NS. The molecule has 4 heteroatoms. The van der Waals surface area contributed by atoms with E-state index in [2.05, 4.69) is 5.32 Å². The minimum Gasteiger partial charge on any atom is -0.303 e. The SMILES string of the molecule is Cc1cc(F)c(C(C)N[C@H](C)c2cccs2)cc1F. The largest absolute Gasteiger partial charge is 0.303 e. The number of benzene rings is 1. The summed E-state index contributed by atoms with van der Waals surface area (Å²) in [5.74, 6) is -0.730. The lowest BCUT2D eigenvalue weighted by Crippen LogP contribution is -2.22. The van der Waals surface area contributed by atoms with Gasteiger partial charge in [-0.1, -0.05) is 6.07 Å². The van der Waals surface area contributed by atoms with Gasteiger partial charge in [-0.25, -0.2) is 8.78 Å². The van der Waals surface area contributed by atoms with Gasteiger partial charge < -0.3 is 5.32 Å². The van der Waals surface area contributed by atoms with Crippen LogP contribution >= 0.6 is 11.3 Å². The van der Waals surface area contributed by atoms with Crippen molar-refractivity contribution in [1.29, 1.82) is 0 Å². The lowest BCUT2D eigenvalue weighted by atomic mass is 10.0. The maximum Gasteiger partial charge on any atom is 0.128 e. The molecule has 2 rings (SSSR count). The van der Waals surface area contributed by atoms with Crippen molar-refractivity contribution >= 4 is 11.3 Å². The Morgan fingerprint density at radius 3 is 2.47 bits per heavy atom. The first-order valence-corrected chi connectivity index (χ1v) is 7.12. The van der Waals surface area contributed by atoms with Crippen molar-refractivity contribution in [3.8, 4) is 0 Å². The predicted molar refractivity (Wildman–Crippen MR) is 75.4 cm³/mol. The van der Waals surface area contributed by atoms with Gasteiger partial charge in [0.05, 0.1) is 0 Å². The van der Waals surface area contributed by atoms with Gasteiger partial charge in [0.1, 0.15) is 11.6 Å². The number of hydrogen-bond acceptors (Lipinski definition) is 2. The predicted octanol–water partition coefficient (Wildman–Crippen LogP) is 4.75. The van der Waals surface area contributed by atoms with Crippen LogP contribution in [0, 0.1) is 18.6 Å². The average molecular weight is 281 g/mol. The van der Waals surface area contributed by atoms with Crippen LogP contribution in [-0.2, 0) is 0 Å². The third-order valence-electron chi connectivity index (χ3n) is 3.21. The van der Waals surface area contributed by atoms with Crippen LogP contribution in [0.5, 0.6) is 0 Å². The Hall–Kier alpha value is -1.26. The van der Waals surface area contributed by atoms with Crippen molar-refractivity contribution in [2.45, 2.75) is 32.9 Å². The third kappa shape index (κ3) is 3.19. The summed E-state index contributed by atoms with van der Waals surface area (Å²) < 4.78 is 27.4. The Morgan fingerprint density at radius 2 is 1.84 bits per heavy atom. The molecule has 1 aromatic heterocycles. The Morgan fingerprint density at radius 1 is 1.11 bits per heavy atom. The van der Waals surface area contributed by atoms with Crippen molar-refractivity contribution < 1.29 is 8.78 Å². The maximum atomic E-state index is 13.9. The van der Waals surface area contributed by atoms with Gasteiger partial charge in [-0.15, -0.1) is 11.3 Å². The lowest BCUT2D eigenvalue weighted by molar-refractivity contribution is 0.473. The number of rotatable bonds is 4.